The SMILES string of the molecule is CCCCCCCCCCCCCCCCCCn1c(C(C)NC(=O)c2ccccn2)nc2ccccc21. The lowest BCUT2D eigenvalue weighted by Gasteiger charge is -2.16. The molecule has 208 valence electrons. The molecule has 2 aromatic heterocycles. The zero-order valence-electron chi connectivity index (χ0n) is 24.0. The molecule has 0 aliphatic rings. The lowest BCUT2D eigenvalue weighted by molar-refractivity contribution is 0.0932. The molecule has 1 atom stereocenters. The molecule has 5 nitrogen and oxygen atoms in total. The van der Waals surface area contributed by atoms with E-state index in [1.54, 1.807) is 12.3 Å². The average Bonchev–Trinajstić information content (AvgIpc) is 3.32. The van der Waals surface area contributed by atoms with Crippen LogP contribution in [0, 0.1) is 0 Å². The molecule has 1 N–H and O–H groups in total. The number of carbonyl (C=O) groups excluding carboxylic acids is 1. The molecule has 0 radical (unpaired) electrons. The smallest absolute Gasteiger partial charge is 0.270 e. The fraction of sp³-hybridized carbons (Fsp3) is 0.606. The normalized spacial score (nSPS) is 12.2. The van der Waals surface area contributed by atoms with Gasteiger partial charge in [0.15, 0.2) is 0 Å². The number of imidazole rings is 1. The van der Waals surface area contributed by atoms with Gasteiger partial charge in [-0.25, -0.2) is 4.98 Å². The van der Waals surface area contributed by atoms with Crippen molar-refractivity contribution in [1.29, 1.82) is 0 Å². The van der Waals surface area contributed by atoms with Crippen molar-refractivity contribution in [3.63, 3.8) is 0 Å². The van der Waals surface area contributed by atoms with Crippen molar-refractivity contribution in [3.8, 4) is 0 Å². The number of aromatic nitrogens is 3. The molecule has 0 spiro atoms. The van der Waals surface area contributed by atoms with Crippen molar-refractivity contribution < 1.29 is 4.79 Å². The van der Waals surface area contributed by atoms with Gasteiger partial charge < -0.3 is 9.88 Å². The molecule has 0 fully saturated rings. The summed E-state index contributed by atoms with van der Waals surface area (Å²) in [6, 6.07) is 13.5. The van der Waals surface area contributed by atoms with E-state index in [4.69, 9.17) is 4.98 Å². The molecule has 1 amide bonds. The maximum Gasteiger partial charge on any atom is 0.270 e. The van der Waals surface area contributed by atoms with Crippen LogP contribution in [0.25, 0.3) is 11.0 Å². The van der Waals surface area contributed by atoms with Crippen molar-refractivity contribution in [2.45, 2.75) is 129 Å². The van der Waals surface area contributed by atoms with Crippen LogP contribution in [0.15, 0.2) is 48.7 Å². The van der Waals surface area contributed by atoms with E-state index in [0.717, 1.165) is 29.8 Å². The zero-order chi connectivity index (χ0) is 26.8. The van der Waals surface area contributed by atoms with Gasteiger partial charge in [-0.2, -0.15) is 0 Å². The molecule has 0 aliphatic heterocycles. The second-order valence-electron chi connectivity index (χ2n) is 10.8. The topological polar surface area (TPSA) is 59.8 Å². The van der Waals surface area contributed by atoms with E-state index in [-0.39, 0.29) is 11.9 Å². The van der Waals surface area contributed by atoms with Crippen LogP contribution in [0.1, 0.15) is 139 Å². The Bertz CT molecular complexity index is 1050. The summed E-state index contributed by atoms with van der Waals surface area (Å²) in [7, 11) is 0. The van der Waals surface area contributed by atoms with Crippen LogP contribution in [-0.4, -0.2) is 20.4 Å². The minimum atomic E-state index is -0.196. The van der Waals surface area contributed by atoms with Gasteiger partial charge in [-0.15, -0.1) is 0 Å². The number of fused-ring (bicyclic) bond motifs is 1. The maximum atomic E-state index is 12.7. The molecule has 3 aromatic rings. The van der Waals surface area contributed by atoms with Crippen LogP contribution < -0.4 is 5.32 Å². The van der Waals surface area contributed by atoms with Gasteiger partial charge in [0.05, 0.1) is 17.1 Å². The first-order valence-electron chi connectivity index (χ1n) is 15.4. The van der Waals surface area contributed by atoms with E-state index < -0.39 is 0 Å². The highest BCUT2D eigenvalue weighted by Crippen LogP contribution is 2.22. The van der Waals surface area contributed by atoms with E-state index in [0.29, 0.717) is 5.69 Å². The number of unbranched alkanes of at least 4 members (excludes halogenated alkanes) is 15. The fourth-order valence-electron chi connectivity index (χ4n) is 5.31. The maximum absolute atomic E-state index is 12.7. The van der Waals surface area contributed by atoms with E-state index in [1.807, 2.05) is 25.1 Å². The summed E-state index contributed by atoms with van der Waals surface area (Å²) < 4.78 is 2.29. The Labute approximate surface area is 230 Å². The Morgan fingerprint density at radius 2 is 1.32 bits per heavy atom. The number of carbonyl (C=O) groups is 1. The molecule has 38 heavy (non-hydrogen) atoms. The number of amides is 1. The first kappa shape index (κ1) is 29.9. The number of rotatable bonds is 20. The first-order valence-corrected chi connectivity index (χ1v) is 15.4. The van der Waals surface area contributed by atoms with Crippen molar-refractivity contribution >= 4 is 16.9 Å². The van der Waals surface area contributed by atoms with Crippen molar-refractivity contribution in [1.82, 2.24) is 19.9 Å². The Morgan fingerprint density at radius 3 is 1.89 bits per heavy atom. The molecule has 0 bridgehead atoms. The summed E-state index contributed by atoms with van der Waals surface area (Å²) in [5, 5.41) is 3.09. The van der Waals surface area contributed by atoms with E-state index >= 15 is 0 Å². The molecular formula is C33H50N4O. The Balaban J connectivity index is 1.33. The summed E-state index contributed by atoms with van der Waals surface area (Å²) in [5.74, 6) is 0.746. The molecule has 0 aliphatic carbocycles. The third kappa shape index (κ3) is 10.2. The molecule has 3 rings (SSSR count). The number of aryl methyl sites for hydroxylation is 1. The molecule has 1 unspecified atom stereocenters. The van der Waals surface area contributed by atoms with Gasteiger partial charge in [0, 0.05) is 12.7 Å². The summed E-state index contributed by atoms with van der Waals surface area (Å²) in [6.45, 7) is 5.22. The Kier molecular flexibility index (Phi) is 13.9. The molecule has 1 aromatic carbocycles. The quantitative estimate of drug-likeness (QED) is 0.152. The predicted molar refractivity (Wildman–Crippen MR) is 159 cm³/mol. The number of hydrogen-bond donors (Lipinski definition) is 1. The van der Waals surface area contributed by atoms with Crippen LogP contribution in [0.2, 0.25) is 0 Å². The van der Waals surface area contributed by atoms with Crippen LogP contribution in [0.3, 0.4) is 0 Å². The van der Waals surface area contributed by atoms with Gasteiger partial charge in [-0.3, -0.25) is 9.78 Å². The minimum Gasteiger partial charge on any atom is -0.341 e. The standard InChI is InChI=1S/C33H50N4O/c1-3-4-5-6-7-8-9-10-11-12-13-14-15-16-17-22-27-37-31-25-19-18-23-29(31)36-32(37)28(2)35-33(38)30-24-20-21-26-34-30/h18-21,23-26,28H,3-17,22,27H2,1-2H3,(H,35,38). The zero-order valence-corrected chi connectivity index (χ0v) is 24.0. The molecule has 0 saturated carbocycles. The lowest BCUT2D eigenvalue weighted by atomic mass is 10.0. The van der Waals surface area contributed by atoms with Crippen molar-refractivity contribution in [3.05, 3.63) is 60.2 Å². The van der Waals surface area contributed by atoms with Gasteiger partial charge in [0.2, 0.25) is 0 Å². The highest BCUT2D eigenvalue weighted by molar-refractivity contribution is 5.92. The van der Waals surface area contributed by atoms with Gasteiger partial charge in [0.1, 0.15) is 11.5 Å². The summed E-state index contributed by atoms with van der Waals surface area (Å²) in [6.07, 6.45) is 23.6. The summed E-state index contributed by atoms with van der Waals surface area (Å²) in [4.78, 5) is 21.7. The minimum absolute atomic E-state index is 0.167. The average molecular weight is 519 g/mol. The van der Waals surface area contributed by atoms with Gasteiger partial charge in [-0.05, 0) is 37.6 Å². The second kappa shape index (κ2) is 17.8. The van der Waals surface area contributed by atoms with Gasteiger partial charge in [-0.1, -0.05) is 121 Å². The highest BCUT2D eigenvalue weighted by atomic mass is 16.1. The van der Waals surface area contributed by atoms with Gasteiger partial charge in [0.25, 0.3) is 5.91 Å². The molecular weight excluding hydrogens is 468 g/mol. The monoisotopic (exact) mass is 518 g/mol. The number of para-hydroxylation sites is 2. The molecule has 5 heteroatoms. The van der Waals surface area contributed by atoms with Crippen molar-refractivity contribution in [2.75, 3.05) is 0 Å². The van der Waals surface area contributed by atoms with Crippen LogP contribution >= 0.6 is 0 Å². The molecule has 0 saturated heterocycles. The third-order valence-corrected chi connectivity index (χ3v) is 7.55. The van der Waals surface area contributed by atoms with Crippen LogP contribution in [0.5, 0.6) is 0 Å². The Morgan fingerprint density at radius 1 is 0.763 bits per heavy atom. The number of pyridine rings is 1. The number of nitrogens with zero attached hydrogens (tertiary/aromatic N) is 3. The van der Waals surface area contributed by atoms with Crippen LogP contribution in [-0.2, 0) is 6.54 Å². The number of benzene rings is 1. The fourth-order valence-corrected chi connectivity index (χ4v) is 5.31. The largest absolute Gasteiger partial charge is 0.341 e. The summed E-state index contributed by atoms with van der Waals surface area (Å²) in [5.41, 5.74) is 2.56. The van der Waals surface area contributed by atoms with E-state index in [2.05, 4.69) is 40.0 Å². The Hall–Kier alpha value is -2.69. The highest BCUT2D eigenvalue weighted by Gasteiger charge is 2.19. The van der Waals surface area contributed by atoms with Crippen molar-refractivity contribution in [2.24, 2.45) is 0 Å². The van der Waals surface area contributed by atoms with E-state index in [1.165, 1.54) is 96.3 Å². The predicted octanol–water partition coefficient (Wildman–Crippen LogP) is 9.18. The number of hydrogen-bond acceptors (Lipinski definition) is 3. The molecule has 2 heterocycles. The number of nitrogens with one attached hydrogen (secondary N) is 1. The van der Waals surface area contributed by atoms with E-state index in [9.17, 15) is 4.79 Å². The third-order valence-electron chi connectivity index (χ3n) is 7.55. The van der Waals surface area contributed by atoms with Gasteiger partial charge >= 0.3 is 0 Å². The first-order chi connectivity index (χ1) is 18.7. The van der Waals surface area contributed by atoms with Crippen LogP contribution in [0.4, 0.5) is 0 Å². The summed E-state index contributed by atoms with van der Waals surface area (Å²) >= 11 is 0. The lowest BCUT2D eigenvalue weighted by Crippen LogP contribution is -2.29. The second-order valence-corrected chi connectivity index (χ2v) is 10.8.